The summed E-state index contributed by atoms with van der Waals surface area (Å²) in [7, 11) is 0. The van der Waals surface area contributed by atoms with E-state index in [9.17, 15) is 0 Å². The highest BCUT2D eigenvalue weighted by molar-refractivity contribution is 7.16. The van der Waals surface area contributed by atoms with Crippen LogP contribution in [0.3, 0.4) is 0 Å². The highest BCUT2D eigenvalue weighted by Crippen LogP contribution is 2.36. The van der Waals surface area contributed by atoms with E-state index in [2.05, 4.69) is 28.9 Å². The molecular weight excluding hydrogens is 330 g/mol. The Bertz CT molecular complexity index is 701. The van der Waals surface area contributed by atoms with Gasteiger partial charge in [0, 0.05) is 29.1 Å². The molecule has 0 radical (unpaired) electrons. The monoisotopic (exact) mass is 349 g/mol. The Kier molecular flexibility index (Phi) is 4.26. The molecule has 23 heavy (non-hydrogen) atoms. The normalized spacial score (nSPS) is 22.2. The summed E-state index contributed by atoms with van der Waals surface area (Å²) in [6, 6.07) is 6.09. The average Bonchev–Trinajstić information content (AvgIpc) is 2.92. The van der Waals surface area contributed by atoms with Crippen LogP contribution in [0.4, 0.5) is 5.82 Å². The number of aryl methyl sites for hydroxylation is 1. The maximum absolute atomic E-state index is 6.06. The Labute approximate surface area is 145 Å². The van der Waals surface area contributed by atoms with Gasteiger partial charge in [-0.25, -0.2) is 9.97 Å². The van der Waals surface area contributed by atoms with Crippen LogP contribution in [0.5, 0.6) is 0 Å². The molecule has 2 aromatic rings. The Morgan fingerprint density at radius 1 is 1.30 bits per heavy atom. The number of morpholine rings is 1. The number of hydrogen-bond donors (Lipinski definition) is 0. The summed E-state index contributed by atoms with van der Waals surface area (Å²) in [6.07, 6.45) is 3.82. The molecule has 1 aliphatic heterocycles. The van der Waals surface area contributed by atoms with Gasteiger partial charge in [-0.2, -0.15) is 0 Å². The number of nitrogens with zero attached hydrogens (tertiary/aromatic N) is 3. The highest BCUT2D eigenvalue weighted by Gasteiger charge is 2.27. The van der Waals surface area contributed by atoms with Crippen LogP contribution in [0.2, 0.25) is 4.34 Å². The fourth-order valence-electron chi connectivity index (χ4n) is 3.12. The minimum absolute atomic E-state index is 0.0728. The molecule has 1 atom stereocenters. The van der Waals surface area contributed by atoms with E-state index in [1.54, 1.807) is 11.3 Å². The molecule has 0 spiro atoms. The lowest BCUT2D eigenvalue weighted by molar-refractivity contribution is 0.0418. The summed E-state index contributed by atoms with van der Waals surface area (Å²) in [5.41, 5.74) is 1.05. The maximum Gasteiger partial charge on any atom is 0.134 e. The van der Waals surface area contributed by atoms with Crippen LogP contribution in [-0.2, 0) is 4.74 Å². The zero-order valence-corrected chi connectivity index (χ0v) is 14.7. The summed E-state index contributed by atoms with van der Waals surface area (Å²) in [5, 5.41) is 0. The van der Waals surface area contributed by atoms with Crippen LogP contribution in [0.15, 0.2) is 18.2 Å². The minimum Gasteiger partial charge on any atom is -0.369 e. The predicted molar refractivity (Wildman–Crippen MR) is 93.6 cm³/mol. The fraction of sp³-hybridized carbons (Fsp3) is 0.529. The van der Waals surface area contributed by atoms with Crippen molar-refractivity contribution in [2.24, 2.45) is 0 Å². The van der Waals surface area contributed by atoms with Crippen LogP contribution < -0.4 is 4.90 Å². The Balaban J connectivity index is 1.56. The van der Waals surface area contributed by atoms with E-state index < -0.39 is 0 Å². The van der Waals surface area contributed by atoms with Crippen molar-refractivity contribution in [1.82, 2.24) is 9.97 Å². The van der Waals surface area contributed by atoms with Gasteiger partial charge in [-0.05, 0) is 31.9 Å². The molecule has 1 unspecified atom stereocenters. The summed E-state index contributed by atoms with van der Waals surface area (Å²) in [6.45, 7) is 4.46. The third-order valence-corrected chi connectivity index (χ3v) is 5.95. The van der Waals surface area contributed by atoms with Gasteiger partial charge in [-0.3, -0.25) is 0 Å². The van der Waals surface area contributed by atoms with Gasteiger partial charge in [-0.1, -0.05) is 18.0 Å². The molecule has 122 valence electrons. The van der Waals surface area contributed by atoms with Crippen LogP contribution in [0.1, 0.15) is 47.7 Å². The molecule has 1 saturated heterocycles. The van der Waals surface area contributed by atoms with Gasteiger partial charge in [0.1, 0.15) is 17.7 Å². The average molecular weight is 350 g/mol. The molecule has 4 rings (SSSR count). The lowest BCUT2D eigenvalue weighted by Gasteiger charge is -2.34. The largest absolute Gasteiger partial charge is 0.369 e. The van der Waals surface area contributed by atoms with Crippen molar-refractivity contribution in [3.05, 3.63) is 38.9 Å². The molecule has 1 aliphatic carbocycles. The minimum atomic E-state index is 0.0728. The molecule has 2 aliphatic rings. The van der Waals surface area contributed by atoms with Crippen LogP contribution in [0.25, 0.3) is 0 Å². The van der Waals surface area contributed by atoms with E-state index in [4.69, 9.17) is 21.3 Å². The highest BCUT2D eigenvalue weighted by atomic mass is 35.5. The van der Waals surface area contributed by atoms with Gasteiger partial charge in [0.2, 0.25) is 0 Å². The number of aromatic nitrogens is 2. The zero-order chi connectivity index (χ0) is 15.8. The van der Waals surface area contributed by atoms with Crippen molar-refractivity contribution < 1.29 is 4.74 Å². The van der Waals surface area contributed by atoms with Crippen molar-refractivity contribution in [2.45, 2.75) is 38.2 Å². The standard InChI is InChI=1S/C17H20ClN3OS/c1-11-9-16(20-17(19-11)12-3-2-4-12)21-7-8-22-13(10-21)14-5-6-15(18)23-14/h5-6,9,12-13H,2-4,7-8,10H2,1H3. The second kappa shape index (κ2) is 6.38. The van der Waals surface area contributed by atoms with E-state index in [1.165, 1.54) is 24.1 Å². The van der Waals surface area contributed by atoms with Crippen LogP contribution >= 0.6 is 22.9 Å². The number of rotatable bonds is 3. The van der Waals surface area contributed by atoms with Crippen molar-refractivity contribution in [3.63, 3.8) is 0 Å². The second-order valence-electron chi connectivity index (χ2n) is 6.30. The quantitative estimate of drug-likeness (QED) is 0.825. The van der Waals surface area contributed by atoms with Crippen LogP contribution in [-0.4, -0.2) is 29.7 Å². The molecule has 6 heteroatoms. The third kappa shape index (κ3) is 3.23. The SMILES string of the molecule is Cc1cc(N2CCOC(c3ccc(Cl)s3)C2)nc(C2CCC2)n1. The van der Waals surface area contributed by atoms with Crippen molar-refractivity contribution >= 4 is 28.8 Å². The van der Waals surface area contributed by atoms with Crippen LogP contribution in [0, 0.1) is 6.92 Å². The van der Waals surface area contributed by atoms with Gasteiger partial charge >= 0.3 is 0 Å². The molecule has 3 heterocycles. The molecule has 0 aromatic carbocycles. The molecule has 1 saturated carbocycles. The van der Waals surface area contributed by atoms with Gasteiger partial charge < -0.3 is 9.64 Å². The smallest absolute Gasteiger partial charge is 0.134 e. The molecule has 4 nitrogen and oxygen atoms in total. The molecule has 0 amide bonds. The topological polar surface area (TPSA) is 38.2 Å². The maximum atomic E-state index is 6.06. The first-order valence-corrected chi connectivity index (χ1v) is 9.36. The van der Waals surface area contributed by atoms with E-state index in [0.29, 0.717) is 12.5 Å². The lowest BCUT2D eigenvalue weighted by Crippen LogP contribution is -2.39. The molecule has 2 aromatic heterocycles. The van der Waals surface area contributed by atoms with Gasteiger partial charge in [0.05, 0.1) is 17.5 Å². The zero-order valence-electron chi connectivity index (χ0n) is 13.2. The third-order valence-electron chi connectivity index (χ3n) is 4.63. The molecule has 0 bridgehead atoms. The van der Waals surface area contributed by atoms with Gasteiger partial charge in [0.25, 0.3) is 0 Å². The number of hydrogen-bond acceptors (Lipinski definition) is 5. The number of halogens is 1. The Morgan fingerprint density at radius 2 is 2.17 bits per heavy atom. The second-order valence-corrected chi connectivity index (χ2v) is 8.05. The van der Waals surface area contributed by atoms with E-state index in [-0.39, 0.29) is 6.10 Å². The lowest BCUT2D eigenvalue weighted by atomic mass is 9.85. The number of ether oxygens (including phenoxy) is 1. The van der Waals surface area contributed by atoms with Crippen molar-refractivity contribution in [1.29, 1.82) is 0 Å². The molecule has 2 fully saturated rings. The van der Waals surface area contributed by atoms with Gasteiger partial charge in [-0.15, -0.1) is 11.3 Å². The predicted octanol–water partition coefficient (Wildman–Crippen LogP) is 4.35. The van der Waals surface area contributed by atoms with E-state index in [0.717, 1.165) is 34.8 Å². The van der Waals surface area contributed by atoms with E-state index in [1.807, 2.05) is 6.07 Å². The summed E-state index contributed by atoms with van der Waals surface area (Å²) >= 11 is 7.66. The van der Waals surface area contributed by atoms with Crippen molar-refractivity contribution in [3.8, 4) is 0 Å². The first-order chi connectivity index (χ1) is 11.2. The fourth-order valence-corrected chi connectivity index (χ4v) is 4.22. The van der Waals surface area contributed by atoms with Gasteiger partial charge in [0.15, 0.2) is 0 Å². The van der Waals surface area contributed by atoms with E-state index >= 15 is 0 Å². The summed E-state index contributed by atoms with van der Waals surface area (Å²) < 4.78 is 6.75. The number of thiophene rings is 1. The Morgan fingerprint density at radius 3 is 2.87 bits per heavy atom. The molecular formula is C17H20ClN3OS. The first kappa shape index (κ1) is 15.4. The first-order valence-electron chi connectivity index (χ1n) is 8.16. The van der Waals surface area contributed by atoms with Crippen molar-refractivity contribution in [2.75, 3.05) is 24.6 Å². The number of anilines is 1. The molecule has 0 N–H and O–H groups in total. The summed E-state index contributed by atoms with van der Waals surface area (Å²) in [4.78, 5) is 13.0. The summed E-state index contributed by atoms with van der Waals surface area (Å²) in [5.74, 6) is 2.62. The Hall–Kier alpha value is -1.17.